The molecule has 0 radical (unpaired) electrons. The molecule has 0 saturated carbocycles. The number of piperidine rings is 2. The Balaban J connectivity index is 1.62. The number of likely N-dealkylation sites (tertiary alicyclic amines) is 2. The largest absolute Gasteiger partial charge is 0.348 e. The van der Waals surface area contributed by atoms with Crippen LogP contribution in [0.15, 0.2) is 24.7 Å². The van der Waals surface area contributed by atoms with E-state index in [1.165, 1.54) is 0 Å². The lowest BCUT2D eigenvalue weighted by Crippen LogP contribution is -2.55. The maximum absolute atomic E-state index is 12.4. The number of nitrogens with zero attached hydrogens (tertiary/aromatic N) is 3. The van der Waals surface area contributed by atoms with Crippen LogP contribution in [0.5, 0.6) is 0 Å². The molecule has 1 spiro atoms. The molecule has 2 amide bonds. The van der Waals surface area contributed by atoms with E-state index in [0.717, 1.165) is 57.6 Å². The van der Waals surface area contributed by atoms with E-state index in [1.807, 2.05) is 35.1 Å². The van der Waals surface area contributed by atoms with Gasteiger partial charge in [0.15, 0.2) is 0 Å². The lowest BCUT2D eigenvalue weighted by atomic mass is 9.73. The van der Waals surface area contributed by atoms with Crippen molar-refractivity contribution < 1.29 is 9.59 Å². The van der Waals surface area contributed by atoms with Crippen LogP contribution in [-0.2, 0) is 16.0 Å². The van der Waals surface area contributed by atoms with Crippen LogP contribution in [0.25, 0.3) is 0 Å². The second-order valence-electron chi connectivity index (χ2n) is 7.33. The molecule has 0 aliphatic carbocycles. The molecule has 1 aromatic rings. The van der Waals surface area contributed by atoms with E-state index < -0.39 is 0 Å². The average Bonchev–Trinajstić information content (AvgIpc) is 3.14. The highest BCUT2D eigenvalue weighted by atomic mass is 16.2. The fraction of sp³-hybridized carbons (Fsp3) is 0.632. The van der Waals surface area contributed by atoms with Crippen molar-refractivity contribution in [1.29, 1.82) is 0 Å². The Morgan fingerprint density at radius 2 is 2.28 bits per heavy atom. The molecule has 25 heavy (non-hydrogen) atoms. The monoisotopic (exact) mass is 344 g/mol. The first-order chi connectivity index (χ1) is 12.1. The Morgan fingerprint density at radius 3 is 3.04 bits per heavy atom. The predicted octanol–water partition coefficient (Wildman–Crippen LogP) is 2.15. The summed E-state index contributed by atoms with van der Waals surface area (Å²) >= 11 is 0. The summed E-state index contributed by atoms with van der Waals surface area (Å²) in [5.74, 6) is 0.445. The highest BCUT2D eigenvalue weighted by molar-refractivity contribution is 5.78. The van der Waals surface area contributed by atoms with Crippen LogP contribution in [-0.4, -0.2) is 57.8 Å². The lowest BCUT2D eigenvalue weighted by Gasteiger charge is -2.48. The van der Waals surface area contributed by atoms with Crippen LogP contribution in [0.1, 0.15) is 44.7 Å². The number of nitrogens with one attached hydrogen (secondary N) is 1. The van der Waals surface area contributed by atoms with Crippen LogP contribution >= 0.6 is 0 Å². The van der Waals surface area contributed by atoms with Crippen LogP contribution in [0.3, 0.4) is 0 Å². The van der Waals surface area contributed by atoms with Crippen molar-refractivity contribution in [1.82, 2.24) is 19.8 Å². The zero-order chi connectivity index (χ0) is 17.7. The zero-order valence-electron chi connectivity index (χ0n) is 15.0. The molecule has 2 fully saturated rings. The van der Waals surface area contributed by atoms with Crippen molar-refractivity contribution >= 4 is 11.8 Å². The number of H-pyrrole nitrogens is 1. The smallest absolute Gasteiger partial charge is 0.226 e. The fourth-order valence-electron chi connectivity index (χ4n) is 4.08. The minimum atomic E-state index is 0.0751. The minimum Gasteiger partial charge on any atom is -0.348 e. The lowest BCUT2D eigenvalue weighted by molar-refractivity contribution is -0.142. The molecule has 2 aliphatic heterocycles. The standard InChI is InChI=1S/C19H28N4O2/c1-2-3-5-17(24)22-10-4-8-19(13-22)9-6-18(25)23(14-19)11-7-16-12-20-15-21-16/h2-3,12,15H,4-11,13-14H2,1H3,(H,20,21). The molecule has 1 aromatic heterocycles. The summed E-state index contributed by atoms with van der Waals surface area (Å²) in [4.78, 5) is 35.9. The fourth-order valence-corrected chi connectivity index (χ4v) is 4.08. The first-order valence-corrected chi connectivity index (χ1v) is 9.26. The minimum absolute atomic E-state index is 0.0751. The number of hydrogen-bond donors (Lipinski definition) is 1. The highest BCUT2D eigenvalue weighted by Gasteiger charge is 2.42. The molecule has 136 valence electrons. The molecule has 1 atom stereocenters. The number of aromatic nitrogens is 2. The van der Waals surface area contributed by atoms with E-state index in [9.17, 15) is 9.59 Å². The number of imidazole rings is 1. The molecular formula is C19H28N4O2. The van der Waals surface area contributed by atoms with Gasteiger partial charge in [0.2, 0.25) is 11.8 Å². The number of hydrogen-bond acceptors (Lipinski definition) is 3. The van der Waals surface area contributed by atoms with Gasteiger partial charge in [-0.3, -0.25) is 9.59 Å². The summed E-state index contributed by atoms with van der Waals surface area (Å²) in [6.07, 6.45) is 12.2. The number of rotatable bonds is 5. The molecule has 6 heteroatoms. The van der Waals surface area contributed by atoms with Crippen molar-refractivity contribution in [2.45, 2.75) is 45.4 Å². The van der Waals surface area contributed by atoms with Crippen LogP contribution < -0.4 is 0 Å². The summed E-state index contributed by atoms with van der Waals surface area (Å²) in [6, 6.07) is 0. The van der Waals surface area contributed by atoms with Gasteiger partial charge in [-0.25, -0.2) is 4.98 Å². The van der Waals surface area contributed by atoms with Crippen LogP contribution in [0, 0.1) is 5.41 Å². The molecule has 1 N–H and O–H groups in total. The van der Waals surface area contributed by atoms with Crippen molar-refractivity contribution in [2.24, 2.45) is 5.41 Å². The maximum Gasteiger partial charge on any atom is 0.226 e. The Kier molecular flexibility index (Phi) is 5.56. The zero-order valence-corrected chi connectivity index (χ0v) is 15.0. The number of aromatic amines is 1. The van der Waals surface area contributed by atoms with Gasteiger partial charge in [-0.05, 0) is 26.2 Å². The molecule has 2 saturated heterocycles. The third kappa shape index (κ3) is 4.30. The Hall–Kier alpha value is -2.11. The molecule has 0 aromatic carbocycles. The number of allylic oxidation sites excluding steroid dienone is 1. The Bertz CT molecular complexity index is 625. The average molecular weight is 344 g/mol. The van der Waals surface area contributed by atoms with E-state index in [1.54, 1.807) is 6.33 Å². The van der Waals surface area contributed by atoms with E-state index in [2.05, 4.69) is 9.97 Å². The molecule has 0 bridgehead atoms. The summed E-state index contributed by atoms with van der Waals surface area (Å²) in [5, 5.41) is 0. The third-order valence-corrected chi connectivity index (χ3v) is 5.50. The second kappa shape index (κ2) is 7.85. The molecule has 6 nitrogen and oxygen atoms in total. The maximum atomic E-state index is 12.4. The number of carbonyl (C=O) groups excluding carboxylic acids is 2. The quantitative estimate of drug-likeness (QED) is 0.832. The summed E-state index contributed by atoms with van der Waals surface area (Å²) < 4.78 is 0. The van der Waals surface area contributed by atoms with E-state index in [-0.39, 0.29) is 17.2 Å². The second-order valence-corrected chi connectivity index (χ2v) is 7.33. The third-order valence-electron chi connectivity index (χ3n) is 5.50. The van der Waals surface area contributed by atoms with Crippen molar-refractivity contribution in [2.75, 3.05) is 26.2 Å². The van der Waals surface area contributed by atoms with Crippen molar-refractivity contribution in [3.05, 3.63) is 30.4 Å². The van der Waals surface area contributed by atoms with E-state index in [0.29, 0.717) is 12.8 Å². The van der Waals surface area contributed by atoms with Gasteiger partial charge in [0.05, 0.1) is 6.33 Å². The Labute approximate surface area is 149 Å². The molecular weight excluding hydrogens is 316 g/mol. The van der Waals surface area contributed by atoms with E-state index in [4.69, 9.17) is 0 Å². The van der Waals surface area contributed by atoms with Crippen molar-refractivity contribution in [3.8, 4) is 0 Å². The van der Waals surface area contributed by atoms with Crippen LogP contribution in [0.2, 0.25) is 0 Å². The molecule has 2 aliphatic rings. The first-order valence-electron chi connectivity index (χ1n) is 9.26. The Morgan fingerprint density at radius 1 is 1.40 bits per heavy atom. The van der Waals surface area contributed by atoms with Gasteiger partial charge >= 0.3 is 0 Å². The van der Waals surface area contributed by atoms with Gasteiger partial charge in [0, 0.05) is 62.7 Å². The van der Waals surface area contributed by atoms with Gasteiger partial charge in [-0.15, -0.1) is 0 Å². The number of carbonyl (C=O) groups is 2. The predicted molar refractivity (Wildman–Crippen MR) is 95.8 cm³/mol. The topological polar surface area (TPSA) is 69.3 Å². The molecule has 1 unspecified atom stereocenters. The normalized spacial score (nSPS) is 24.4. The van der Waals surface area contributed by atoms with Gasteiger partial charge < -0.3 is 14.8 Å². The van der Waals surface area contributed by atoms with Gasteiger partial charge in [-0.2, -0.15) is 0 Å². The first kappa shape index (κ1) is 17.7. The summed E-state index contributed by atoms with van der Waals surface area (Å²) in [6.45, 7) is 5.06. The summed E-state index contributed by atoms with van der Waals surface area (Å²) in [5.41, 5.74) is 1.13. The van der Waals surface area contributed by atoms with Gasteiger partial charge in [0.25, 0.3) is 0 Å². The van der Waals surface area contributed by atoms with Gasteiger partial charge in [0.1, 0.15) is 0 Å². The number of amides is 2. The molecule has 3 rings (SSSR count). The molecule has 3 heterocycles. The van der Waals surface area contributed by atoms with Crippen LogP contribution in [0.4, 0.5) is 0 Å². The SMILES string of the molecule is CC=CCC(=O)N1CCCC2(CCC(=O)N(CCc3cnc[nH]3)C2)C1. The van der Waals surface area contributed by atoms with Gasteiger partial charge in [-0.1, -0.05) is 12.2 Å². The van der Waals surface area contributed by atoms with E-state index >= 15 is 0 Å². The summed E-state index contributed by atoms with van der Waals surface area (Å²) in [7, 11) is 0. The van der Waals surface area contributed by atoms with Crippen molar-refractivity contribution in [3.63, 3.8) is 0 Å². The highest BCUT2D eigenvalue weighted by Crippen LogP contribution is 2.39.